The van der Waals surface area contributed by atoms with Gasteiger partial charge in [0.25, 0.3) is 5.56 Å². The highest BCUT2D eigenvalue weighted by Crippen LogP contribution is 2.32. The molecule has 0 saturated heterocycles. The molecule has 1 aliphatic carbocycles. The lowest BCUT2D eigenvalue weighted by Gasteiger charge is -2.34. The Balaban J connectivity index is 1.88. The summed E-state index contributed by atoms with van der Waals surface area (Å²) in [5, 5.41) is 8.04. The Bertz CT molecular complexity index is 655. The van der Waals surface area contributed by atoms with Crippen LogP contribution in [-0.2, 0) is 7.05 Å². The third kappa shape index (κ3) is 2.30. The Labute approximate surface area is 117 Å². The van der Waals surface area contributed by atoms with Gasteiger partial charge in [0.1, 0.15) is 5.39 Å². The molecule has 0 aromatic carbocycles. The van der Waals surface area contributed by atoms with Crippen molar-refractivity contribution in [2.75, 3.05) is 5.32 Å². The van der Waals surface area contributed by atoms with Gasteiger partial charge in [0, 0.05) is 13.1 Å². The summed E-state index contributed by atoms with van der Waals surface area (Å²) >= 11 is 0. The molecule has 3 rings (SSSR count). The minimum atomic E-state index is -0.130. The number of hydrogen-bond acceptors (Lipinski definition) is 4. The molecule has 1 fully saturated rings. The molecule has 0 radical (unpaired) electrons. The standard InChI is InChI=1S/C14H21N5O/c1-3-5-11(9-6-4-7-9)16-14-17-12-10(13(20)18-14)8-15-19(12)2/h8-9,11H,3-7H2,1-2H3,(H2,16,17,18,20). The summed E-state index contributed by atoms with van der Waals surface area (Å²) in [6.07, 6.45) is 7.66. The van der Waals surface area contributed by atoms with Crippen LogP contribution in [0.2, 0.25) is 0 Å². The second kappa shape index (κ2) is 5.26. The van der Waals surface area contributed by atoms with Gasteiger partial charge in [0.05, 0.1) is 6.20 Å². The van der Waals surface area contributed by atoms with E-state index in [1.54, 1.807) is 17.9 Å². The lowest BCUT2D eigenvalue weighted by Crippen LogP contribution is -2.34. The van der Waals surface area contributed by atoms with Gasteiger partial charge in [0.2, 0.25) is 5.95 Å². The fourth-order valence-corrected chi connectivity index (χ4v) is 2.86. The van der Waals surface area contributed by atoms with Gasteiger partial charge in [-0.25, -0.2) is 0 Å². The smallest absolute Gasteiger partial charge is 0.263 e. The quantitative estimate of drug-likeness (QED) is 0.875. The first-order chi connectivity index (χ1) is 9.69. The summed E-state index contributed by atoms with van der Waals surface area (Å²) in [6, 6.07) is 0.405. The number of fused-ring (bicyclic) bond motifs is 1. The number of aromatic nitrogens is 4. The molecule has 2 N–H and O–H groups in total. The second-order valence-corrected chi connectivity index (χ2v) is 5.65. The fraction of sp³-hybridized carbons (Fsp3) is 0.643. The normalized spacial score (nSPS) is 17.1. The highest BCUT2D eigenvalue weighted by molar-refractivity contribution is 5.74. The Morgan fingerprint density at radius 1 is 1.55 bits per heavy atom. The molecular weight excluding hydrogens is 254 g/mol. The maximum atomic E-state index is 12.0. The van der Waals surface area contributed by atoms with E-state index in [1.165, 1.54) is 19.3 Å². The summed E-state index contributed by atoms with van der Waals surface area (Å²) in [6.45, 7) is 2.19. The Kier molecular flexibility index (Phi) is 3.46. The van der Waals surface area contributed by atoms with Crippen LogP contribution >= 0.6 is 0 Å². The van der Waals surface area contributed by atoms with Gasteiger partial charge >= 0.3 is 0 Å². The predicted octanol–water partition coefficient (Wildman–Crippen LogP) is 2.04. The number of H-pyrrole nitrogens is 1. The van der Waals surface area contributed by atoms with Crippen LogP contribution in [-0.4, -0.2) is 25.8 Å². The molecule has 2 aromatic heterocycles. The van der Waals surface area contributed by atoms with E-state index in [4.69, 9.17) is 0 Å². The van der Waals surface area contributed by atoms with Crippen LogP contribution in [0.3, 0.4) is 0 Å². The maximum Gasteiger partial charge on any atom is 0.263 e. The van der Waals surface area contributed by atoms with Crippen LogP contribution in [0.1, 0.15) is 39.0 Å². The monoisotopic (exact) mass is 275 g/mol. The molecule has 1 saturated carbocycles. The van der Waals surface area contributed by atoms with Gasteiger partial charge in [-0.2, -0.15) is 10.1 Å². The largest absolute Gasteiger partial charge is 0.353 e. The van der Waals surface area contributed by atoms with Crippen LogP contribution in [0, 0.1) is 5.92 Å². The number of nitrogens with one attached hydrogen (secondary N) is 2. The summed E-state index contributed by atoms with van der Waals surface area (Å²) in [7, 11) is 1.80. The zero-order valence-electron chi connectivity index (χ0n) is 12.0. The summed E-state index contributed by atoms with van der Waals surface area (Å²) in [4.78, 5) is 19.3. The minimum Gasteiger partial charge on any atom is -0.353 e. The molecule has 0 bridgehead atoms. The molecule has 20 heavy (non-hydrogen) atoms. The molecule has 0 aliphatic heterocycles. The molecule has 6 nitrogen and oxygen atoms in total. The highest BCUT2D eigenvalue weighted by Gasteiger charge is 2.27. The SMILES string of the molecule is CCCC(Nc1nc2c(cnn2C)c(=O)[nH]1)C1CCC1. The molecule has 0 spiro atoms. The van der Waals surface area contributed by atoms with Crippen LogP contribution in [0.4, 0.5) is 5.95 Å². The van der Waals surface area contributed by atoms with Crippen molar-refractivity contribution in [3.05, 3.63) is 16.6 Å². The van der Waals surface area contributed by atoms with Crippen LogP contribution in [0.25, 0.3) is 11.0 Å². The molecule has 1 unspecified atom stereocenters. The Morgan fingerprint density at radius 3 is 3.00 bits per heavy atom. The Hall–Kier alpha value is -1.85. The number of hydrogen-bond donors (Lipinski definition) is 2. The van der Waals surface area contributed by atoms with Crippen molar-refractivity contribution in [2.24, 2.45) is 13.0 Å². The zero-order valence-corrected chi connectivity index (χ0v) is 12.0. The van der Waals surface area contributed by atoms with Crippen molar-refractivity contribution in [1.29, 1.82) is 0 Å². The number of nitrogens with zero attached hydrogens (tertiary/aromatic N) is 3. The molecule has 2 aromatic rings. The van der Waals surface area contributed by atoms with Crippen LogP contribution in [0.15, 0.2) is 11.0 Å². The number of aryl methyl sites for hydroxylation is 1. The van der Waals surface area contributed by atoms with Gasteiger partial charge in [0.15, 0.2) is 5.65 Å². The van der Waals surface area contributed by atoms with Gasteiger partial charge in [-0.05, 0) is 25.2 Å². The van der Waals surface area contributed by atoms with Gasteiger partial charge in [-0.3, -0.25) is 14.5 Å². The maximum absolute atomic E-state index is 12.0. The van der Waals surface area contributed by atoms with Crippen molar-refractivity contribution in [3.63, 3.8) is 0 Å². The lowest BCUT2D eigenvalue weighted by atomic mass is 9.78. The average Bonchev–Trinajstić information content (AvgIpc) is 2.70. The molecule has 1 aliphatic rings. The first-order valence-corrected chi connectivity index (χ1v) is 7.37. The topological polar surface area (TPSA) is 75.6 Å². The van der Waals surface area contributed by atoms with E-state index in [0.29, 0.717) is 28.9 Å². The van der Waals surface area contributed by atoms with Gasteiger partial charge < -0.3 is 5.32 Å². The number of aromatic amines is 1. The van der Waals surface area contributed by atoms with Gasteiger partial charge in [-0.1, -0.05) is 19.8 Å². The number of anilines is 1. The molecule has 1 atom stereocenters. The van der Waals surface area contributed by atoms with E-state index < -0.39 is 0 Å². The van der Waals surface area contributed by atoms with Crippen molar-refractivity contribution in [2.45, 2.75) is 45.1 Å². The molecule has 0 amide bonds. The van der Waals surface area contributed by atoms with E-state index in [2.05, 4.69) is 27.3 Å². The van der Waals surface area contributed by atoms with Crippen molar-refractivity contribution >= 4 is 17.0 Å². The summed E-state index contributed by atoms with van der Waals surface area (Å²) < 4.78 is 1.63. The number of rotatable bonds is 5. The molecule has 108 valence electrons. The van der Waals surface area contributed by atoms with Crippen molar-refractivity contribution in [3.8, 4) is 0 Å². The predicted molar refractivity (Wildman–Crippen MR) is 78.8 cm³/mol. The first kappa shape index (κ1) is 13.1. The average molecular weight is 275 g/mol. The molecular formula is C14H21N5O. The first-order valence-electron chi connectivity index (χ1n) is 7.37. The zero-order chi connectivity index (χ0) is 14.1. The minimum absolute atomic E-state index is 0.130. The Morgan fingerprint density at radius 2 is 2.35 bits per heavy atom. The van der Waals surface area contributed by atoms with Gasteiger partial charge in [-0.15, -0.1) is 0 Å². The fourth-order valence-electron chi connectivity index (χ4n) is 2.86. The molecule has 6 heteroatoms. The molecule has 2 heterocycles. The van der Waals surface area contributed by atoms with E-state index in [9.17, 15) is 4.79 Å². The van der Waals surface area contributed by atoms with E-state index in [1.807, 2.05) is 0 Å². The third-order valence-electron chi connectivity index (χ3n) is 4.24. The van der Waals surface area contributed by atoms with E-state index >= 15 is 0 Å². The lowest BCUT2D eigenvalue weighted by molar-refractivity contribution is 0.264. The summed E-state index contributed by atoms with van der Waals surface area (Å²) in [5.74, 6) is 1.28. The van der Waals surface area contributed by atoms with E-state index in [-0.39, 0.29) is 5.56 Å². The van der Waals surface area contributed by atoms with Crippen molar-refractivity contribution < 1.29 is 0 Å². The van der Waals surface area contributed by atoms with Crippen molar-refractivity contribution in [1.82, 2.24) is 19.7 Å². The highest BCUT2D eigenvalue weighted by atomic mass is 16.1. The third-order valence-corrected chi connectivity index (χ3v) is 4.24. The summed E-state index contributed by atoms with van der Waals surface area (Å²) in [5.41, 5.74) is 0.495. The second-order valence-electron chi connectivity index (χ2n) is 5.65. The van der Waals surface area contributed by atoms with E-state index in [0.717, 1.165) is 12.8 Å². The van der Waals surface area contributed by atoms with Crippen LogP contribution in [0.5, 0.6) is 0 Å². The van der Waals surface area contributed by atoms with Crippen LogP contribution < -0.4 is 10.9 Å².